The average Bonchev–Trinajstić information content (AvgIpc) is 3.93. The van der Waals surface area contributed by atoms with Crippen LogP contribution in [-0.4, -0.2) is 75.3 Å². The summed E-state index contributed by atoms with van der Waals surface area (Å²) < 4.78 is 80.3. The molecule has 0 fully saturated rings. The van der Waals surface area contributed by atoms with Crippen molar-refractivity contribution < 1.29 is 54.9 Å². The minimum atomic E-state index is -2.90. The Morgan fingerprint density at radius 3 is 1.63 bits per heavy atom. The highest BCUT2D eigenvalue weighted by molar-refractivity contribution is 9.09. The van der Waals surface area contributed by atoms with Crippen molar-refractivity contribution in [2.45, 2.75) is 19.4 Å². The second-order valence-corrected chi connectivity index (χ2v) is 11.5. The zero-order valence-corrected chi connectivity index (χ0v) is 31.8. The SMILES string of the molecule is COc1ccc(C(=O)CBr)c(OC)c1.COc1ccc(C(=O)Cn2ccc(-c3nnc(C(F)F)o3)cc2=O)c(OC)c1.O=c1cc(-c2nnc(C(F)F)o2)cc[nH]1. The Labute approximate surface area is 327 Å². The van der Waals surface area contributed by atoms with Crippen LogP contribution in [0.2, 0.25) is 0 Å². The third-order valence-corrected chi connectivity index (χ3v) is 7.88. The van der Waals surface area contributed by atoms with E-state index in [2.05, 4.69) is 45.7 Å². The molecule has 0 spiro atoms. The number of benzene rings is 2. The molecule has 4 heterocycles. The Hall–Kier alpha value is -6.64. The minimum absolute atomic E-state index is 0.00972. The summed E-state index contributed by atoms with van der Waals surface area (Å²) >= 11 is 3.11. The van der Waals surface area contributed by atoms with Gasteiger partial charge in [0.1, 0.15) is 23.0 Å². The smallest absolute Gasteiger partial charge is 0.314 e. The van der Waals surface area contributed by atoms with Crippen molar-refractivity contribution in [2.75, 3.05) is 33.8 Å². The van der Waals surface area contributed by atoms with Gasteiger partial charge in [-0.2, -0.15) is 17.6 Å². The Morgan fingerprint density at radius 2 is 1.21 bits per heavy atom. The first-order valence-electron chi connectivity index (χ1n) is 16.0. The summed E-state index contributed by atoms with van der Waals surface area (Å²) in [6.45, 7) is -0.242. The Morgan fingerprint density at radius 1 is 0.702 bits per heavy atom. The van der Waals surface area contributed by atoms with Crippen molar-refractivity contribution in [1.82, 2.24) is 29.9 Å². The number of Topliss-reactive ketones (excluding diaryl/α,β-unsaturated/α-hetero) is 2. The van der Waals surface area contributed by atoms with Gasteiger partial charge in [0, 0.05) is 47.8 Å². The largest absolute Gasteiger partial charge is 0.497 e. The topological polar surface area (TPSA) is 204 Å². The summed E-state index contributed by atoms with van der Waals surface area (Å²) in [6.07, 6.45) is -3.01. The molecule has 0 aliphatic heterocycles. The molecule has 4 aromatic heterocycles. The fourth-order valence-electron chi connectivity index (χ4n) is 4.60. The molecule has 0 unspecified atom stereocenters. The van der Waals surface area contributed by atoms with Crippen molar-refractivity contribution in [3.8, 4) is 45.9 Å². The van der Waals surface area contributed by atoms with Crippen LogP contribution in [0.5, 0.6) is 23.0 Å². The van der Waals surface area contributed by atoms with E-state index in [4.69, 9.17) is 23.4 Å². The van der Waals surface area contributed by atoms with Gasteiger partial charge in [0.15, 0.2) is 11.6 Å². The van der Waals surface area contributed by atoms with E-state index in [1.54, 1.807) is 43.5 Å². The highest BCUT2D eigenvalue weighted by Gasteiger charge is 2.20. The molecule has 6 rings (SSSR count). The number of carbonyl (C=O) groups excluding carboxylic acids is 2. The summed E-state index contributed by atoms with van der Waals surface area (Å²) in [6, 6.07) is 15.0. The van der Waals surface area contributed by atoms with E-state index in [0.29, 0.717) is 34.1 Å². The van der Waals surface area contributed by atoms with Crippen LogP contribution in [0.1, 0.15) is 45.3 Å². The van der Waals surface area contributed by atoms with Crippen LogP contribution < -0.4 is 30.1 Å². The van der Waals surface area contributed by atoms with Gasteiger partial charge in [0.25, 0.3) is 17.3 Å². The maximum atomic E-state index is 12.6. The van der Waals surface area contributed by atoms with E-state index < -0.39 is 30.2 Å². The maximum absolute atomic E-state index is 12.6. The van der Waals surface area contributed by atoms with Crippen LogP contribution in [-0.2, 0) is 6.54 Å². The number of nitrogens with zero attached hydrogens (tertiary/aromatic N) is 5. The third kappa shape index (κ3) is 11.4. The molecule has 0 radical (unpaired) electrons. The van der Waals surface area contributed by atoms with Gasteiger partial charge in [-0.3, -0.25) is 19.2 Å². The summed E-state index contributed by atoms with van der Waals surface area (Å²) in [5.74, 6) is -0.208. The van der Waals surface area contributed by atoms with Crippen LogP contribution in [0.4, 0.5) is 17.6 Å². The minimum Gasteiger partial charge on any atom is -0.497 e. The molecular weight excluding hydrogens is 832 g/mol. The second kappa shape index (κ2) is 20.3. The number of halogens is 5. The van der Waals surface area contributed by atoms with E-state index in [0.717, 1.165) is 6.07 Å². The van der Waals surface area contributed by atoms with E-state index in [1.807, 2.05) is 0 Å². The first-order chi connectivity index (χ1) is 27.3. The molecule has 0 saturated heterocycles. The van der Waals surface area contributed by atoms with Crippen molar-refractivity contribution in [3.05, 3.63) is 117 Å². The highest BCUT2D eigenvalue weighted by Crippen LogP contribution is 2.27. The summed E-state index contributed by atoms with van der Waals surface area (Å²) in [5.41, 5.74) is 0.427. The molecule has 0 bridgehead atoms. The lowest BCUT2D eigenvalue weighted by Crippen LogP contribution is -2.23. The normalized spacial score (nSPS) is 10.6. The third-order valence-electron chi connectivity index (χ3n) is 7.37. The van der Waals surface area contributed by atoms with Crippen LogP contribution in [0.25, 0.3) is 22.9 Å². The second-order valence-electron chi connectivity index (χ2n) is 10.9. The number of alkyl halides is 5. The molecule has 1 N–H and O–H groups in total. The quantitative estimate of drug-likeness (QED) is 0.0761. The number of aromatic amines is 1. The number of aromatic nitrogens is 6. The van der Waals surface area contributed by atoms with Gasteiger partial charge >= 0.3 is 12.9 Å². The van der Waals surface area contributed by atoms with Crippen molar-refractivity contribution in [2.24, 2.45) is 0 Å². The van der Waals surface area contributed by atoms with Gasteiger partial charge in [0.05, 0.1) is 51.4 Å². The predicted molar refractivity (Wildman–Crippen MR) is 196 cm³/mol. The van der Waals surface area contributed by atoms with E-state index in [-0.39, 0.29) is 51.9 Å². The van der Waals surface area contributed by atoms with Crippen molar-refractivity contribution >= 4 is 27.5 Å². The van der Waals surface area contributed by atoms with Gasteiger partial charge in [0.2, 0.25) is 17.3 Å². The first-order valence-corrected chi connectivity index (χ1v) is 17.1. The van der Waals surface area contributed by atoms with E-state index >= 15 is 0 Å². The van der Waals surface area contributed by atoms with E-state index in [9.17, 15) is 36.7 Å². The number of hydrogen-bond acceptors (Lipinski definition) is 14. The average molecular weight is 864 g/mol. The maximum Gasteiger partial charge on any atom is 0.314 e. The molecular formula is C36H31BrF4N6O10. The fraction of sp³-hybridized carbons (Fsp3) is 0.222. The molecule has 21 heteroatoms. The lowest BCUT2D eigenvalue weighted by Gasteiger charge is -2.10. The number of ketones is 2. The van der Waals surface area contributed by atoms with Gasteiger partial charge in [-0.15, -0.1) is 20.4 Å². The summed E-state index contributed by atoms with van der Waals surface area (Å²) in [7, 11) is 6.01. The molecule has 0 amide bonds. The Bertz CT molecular complexity index is 2420. The van der Waals surface area contributed by atoms with Gasteiger partial charge in [-0.1, -0.05) is 15.9 Å². The molecule has 6 aromatic rings. The summed E-state index contributed by atoms with van der Waals surface area (Å²) in [4.78, 5) is 49.6. The molecule has 0 aliphatic carbocycles. The first kappa shape index (κ1) is 43.1. The van der Waals surface area contributed by atoms with Crippen LogP contribution >= 0.6 is 15.9 Å². The predicted octanol–water partition coefficient (Wildman–Crippen LogP) is 6.38. The molecule has 2 aromatic carbocycles. The Balaban J connectivity index is 0.000000209. The lowest BCUT2D eigenvalue weighted by molar-refractivity contribution is 0.0966. The van der Waals surface area contributed by atoms with Gasteiger partial charge in [-0.05, 0) is 36.4 Å². The van der Waals surface area contributed by atoms with Crippen LogP contribution in [0.3, 0.4) is 0 Å². The number of nitrogens with one attached hydrogen (secondary N) is 1. The number of ether oxygens (including phenoxy) is 4. The number of methoxy groups -OCH3 is 4. The number of carbonyl (C=O) groups is 2. The standard InChI is InChI=1S/C18H15F2N3O5.C10H11BrO3.C8H5F2N3O2/c1-26-11-3-4-12(14(8-11)27-2)13(24)9-23-6-5-10(7-15(23)25)17-21-22-18(28-17)16(19)20;1-13-7-3-4-8(9(12)6-11)10(5-7)14-2;9-6(10)8-13-12-7(15-8)4-1-2-11-5(14)3-4/h3-8,16H,9H2,1-2H3;3-5H,6H2,1-2H3;1-3,6H,(H,11,14). The summed E-state index contributed by atoms with van der Waals surface area (Å²) in [5, 5.41) is 13.5. The van der Waals surface area contributed by atoms with Crippen LogP contribution in [0.15, 0.2) is 91.5 Å². The molecule has 0 atom stereocenters. The van der Waals surface area contributed by atoms with Crippen molar-refractivity contribution in [1.29, 1.82) is 0 Å². The highest BCUT2D eigenvalue weighted by atomic mass is 79.9. The molecule has 0 aliphatic rings. The van der Waals surface area contributed by atoms with Gasteiger partial charge < -0.3 is 37.3 Å². The molecule has 300 valence electrons. The molecule has 16 nitrogen and oxygen atoms in total. The molecule has 0 saturated carbocycles. The van der Waals surface area contributed by atoms with Crippen molar-refractivity contribution in [3.63, 3.8) is 0 Å². The Kier molecular flexibility index (Phi) is 15.4. The van der Waals surface area contributed by atoms with E-state index in [1.165, 1.54) is 56.5 Å². The zero-order valence-electron chi connectivity index (χ0n) is 30.2. The number of H-pyrrole nitrogens is 1. The number of rotatable bonds is 13. The van der Waals surface area contributed by atoms with Crippen LogP contribution in [0, 0.1) is 0 Å². The zero-order chi connectivity index (χ0) is 41.6. The molecule has 57 heavy (non-hydrogen) atoms. The fourth-order valence-corrected chi connectivity index (χ4v) is 4.90. The van der Waals surface area contributed by atoms with Gasteiger partial charge in [-0.25, -0.2) is 0 Å². The number of pyridine rings is 2. The monoisotopic (exact) mass is 862 g/mol. The lowest BCUT2D eigenvalue weighted by atomic mass is 10.1. The number of hydrogen-bond donors (Lipinski definition) is 1.